The summed E-state index contributed by atoms with van der Waals surface area (Å²) in [6, 6.07) is 18.8. The molecule has 138 valence electrons. The first-order valence-electron chi connectivity index (χ1n) is 9.33. The minimum Gasteiger partial charge on any atom is -0.337 e. The number of hydrogen-bond acceptors (Lipinski definition) is 2. The summed E-state index contributed by atoms with van der Waals surface area (Å²) in [7, 11) is 0. The van der Waals surface area contributed by atoms with Crippen LogP contribution in [0.5, 0.6) is 0 Å². The number of allylic oxidation sites excluding steroid dienone is 2. The number of carbonyl (C=O) groups is 2. The third-order valence-corrected chi connectivity index (χ3v) is 4.51. The van der Waals surface area contributed by atoms with Gasteiger partial charge in [-0.2, -0.15) is 0 Å². The van der Waals surface area contributed by atoms with Crippen LogP contribution in [-0.4, -0.2) is 29.8 Å². The summed E-state index contributed by atoms with van der Waals surface area (Å²) in [6.07, 6.45) is 8.56. The van der Waals surface area contributed by atoms with Gasteiger partial charge in [-0.05, 0) is 43.0 Å². The Balaban J connectivity index is 1.79. The molecule has 2 aromatic rings. The Hall–Kier alpha value is -3.14. The average molecular weight is 360 g/mol. The van der Waals surface area contributed by atoms with E-state index in [1.54, 1.807) is 36.4 Å². The molecule has 3 rings (SSSR count). The highest BCUT2D eigenvalue weighted by Gasteiger charge is 2.21. The highest BCUT2D eigenvalue weighted by atomic mass is 16.2. The number of amides is 2. The lowest BCUT2D eigenvalue weighted by molar-refractivity contribution is -0.128. The maximum atomic E-state index is 12.9. The minimum atomic E-state index is -0.277. The van der Waals surface area contributed by atoms with Crippen molar-refractivity contribution in [1.29, 1.82) is 0 Å². The molecule has 4 nitrogen and oxygen atoms in total. The maximum absolute atomic E-state index is 12.9. The number of hydrogen-bond donors (Lipinski definition) is 1. The zero-order chi connectivity index (χ0) is 18.9. The van der Waals surface area contributed by atoms with E-state index in [0.29, 0.717) is 11.3 Å². The number of nitrogens with zero attached hydrogens (tertiary/aromatic N) is 1. The van der Waals surface area contributed by atoms with E-state index in [9.17, 15) is 9.59 Å². The van der Waals surface area contributed by atoms with E-state index in [1.165, 1.54) is 0 Å². The normalized spacial score (nSPS) is 15.0. The van der Waals surface area contributed by atoms with Gasteiger partial charge in [0.15, 0.2) is 0 Å². The van der Waals surface area contributed by atoms with Crippen molar-refractivity contribution < 1.29 is 9.59 Å². The van der Waals surface area contributed by atoms with Crippen molar-refractivity contribution in [2.75, 3.05) is 13.1 Å². The van der Waals surface area contributed by atoms with Gasteiger partial charge in [-0.3, -0.25) is 9.59 Å². The van der Waals surface area contributed by atoms with Crippen LogP contribution in [0.4, 0.5) is 0 Å². The minimum absolute atomic E-state index is 0.128. The van der Waals surface area contributed by atoms with E-state index in [0.717, 1.165) is 37.9 Å². The van der Waals surface area contributed by atoms with Crippen LogP contribution in [0.15, 0.2) is 78.5 Å². The van der Waals surface area contributed by atoms with Gasteiger partial charge in [0.2, 0.25) is 0 Å². The largest absolute Gasteiger partial charge is 0.337 e. The molecule has 0 aliphatic carbocycles. The highest BCUT2D eigenvalue weighted by molar-refractivity contribution is 6.03. The zero-order valence-corrected chi connectivity index (χ0v) is 15.3. The van der Waals surface area contributed by atoms with Crippen molar-refractivity contribution >= 4 is 17.9 Å². The Labute approximate surface area is 160 Å². The molecular weight excluding hydrogens is 336 g/mol. The summed E-state index contributed by atoms with van der Waals surface area (Å²) in [4.78, 5) is 27.3. The Morgan fingerprint density at radius 2 is 1.48 bits per heavy atom. The van der Waals surface area contributed by atoms with E-state index in [-0.39, 0.29) is 11.8 Å². The van der Waals surface area contributed by atoms with E-state index >= 15 is 0 Å². The second-order valence-electron chi connectivity index (χ2n) is 6.52. The molecule has 0 radical (unpaired) electrons. The lowest BCUT2D eigenvalue weighted by Crippen LogP contribution is -2.41. The van der Waals surface area contributed by atoms with Gasteiger partial charge in [0.05, 0.1) is 0 Å². The smallest absolute Gasteiger partial charge is 0.270 e. The molecule has 0 spiro atoms. The fraction of sp³-hybridized carbons (Fsp3) is 0.217. The molecular formula is C23H24N2O2. The molecule has 27 heavy (non-hydrogen) atoms. The molecule has 1 aliphatic rings. The molecule has 0 bridgehead atoms. The first-order valence-corrected chi connectivity index (χ1v) is 9.33. The van der Waals surface area contributed by atoms with Gasteiger partial charge in [0.25, 0.3) is 11.8 Å². The monoisotopic (exact) mass is 360 g/mol. The molecule has 2 amide bonds. The molecule has 1 heterocycles. The predicted molar refractivity (Wildman–Crippen MR) is 108 cm³/mol. The molecule has 2 aromatic carbocycles. The van der Waals surface area contributed by atoms with Crippen LogP contribution in [0.2, 0.25) is 0 Å². The lowest BCUT2D eigenvalue weighted by Gasteiger charge is -2.27. The van der Waals surface area contributed by atoms with Gasteiger partial charge < -0.3 is 10.2 Å². The Morgan fingerprint density at radius 3 is 2.15 bits per heavy atom. The summed E-state index contributed by atoms with van der Waals surface area (Å²) < 4.78 is 0. The van der Waals surface area contributed by atoms with Crippen molar-refractivity contribution in [3.05, 3.63) is 89.6 Å². The first-order chi connectivity index (χ1) is 13.2. The third kappa shape index (κ3) is 5.42. The van der Waals surface area contributed by atoms with Crippen LogP contribution in [0.3, 0.4) is 0 Å². The fourth-order valence-corrected chi connectivity index (χ4v) is 3.04. The van der Waals surface area contributed by atoms with Gasteiger partial charge in [-0.25, -0.2) is 0 Å². The Kier molecular flexibility index (Phi) is 6.58. The van der Waals surface area contributed by atoms with Gasteiger partial charge in [-0.15, -0.1) is 0 Å². The van der Waals surface area contributed by atoms with E-state index in [2.05, 4.69) is 5.32 Å². The lowest BCUT2D eigenvalue weighted by atomic mass is 10.1. The van der Waals surface area contributed by atoms with Crippen molar-refractivity contribution in [3.8, 4) is 0 Å². The standard InChI is InChI=1S/C23H24N2O2/c26-22(20-14-6-2-7-15-20)24-21(23(27)25-17-8-3-9-18-25)16-10-13-19-11-4-1-5-12-19/h1-2,4-7,10-16H,3,8-9,17-18H2,(H,24,26). The topological polar surface area (TPSA) is 49.4 Å². The zero-order valence-electron chi connectivity index (χ0n) is 15.3. The number of nitrogens with one attached hydrogen (secondary N) is 1. The van der Waals surface area contributed by atoms with Crippen LogP contribution in [-0.2, 0) is 4.79 Å². The van der Waals surface area contributed by atoms with Gasteiger partial charge >= 0.3 is 0 Å². The SMILES string of the molecule is O=C(NC(=CC=Cc1ccccc1)C(=O)N1CCCCC1)c1ccccc1. The van der Waals surface area contributed by atoms with Crippen LogP contribution in [0, 0.1) is 0 Å². The molecule has 0 unspecified atom stereocenters. The molecule has 1 aliphatic heterocycles. The van der Waals surface area contributed by atoms with Gasteiger partial charge in [0, 0.05) is 18.7 Å². The maximum Gasteiger partial charge on any atom is 0.270 e. The van der Waals surface area contributed by atoms with Gasteiger partial charge in [-0.1, -0.05) is 60.7 Å². The predicted octanol–water partition coefficient (Wildman–Crippen LogP) is 4.03. The van der Waals surface area contributed by atoms with E-state index in [1.807, 2.05) is 47.4 Å². The van der Waals surface area contributed by atoms with Crippen molar-refractivity contribution in [3.63, 3.8) is 0 Å². The summed E-state index contributed by atoms with van der Waals surface area (Å²) in [6.45, 7) is 1.47. The van der Waals surface area contributed by atoms with Crippen LogP contribution in [0.25, 0.3) is 6.08 Å². The molecule has 1 fully saturated rings. The third-order valence-electron chi connectivity index (χ3n) is 4.51. The van der Waals surface area contributed by atoms with Crippen molar-refractivity contribution in [1.82, 2.24) is 10.2 Å². The molecule has 0 aromatic heterocycles. The quantitative estimate of drug-likeness (QED) is 0.647. The van der Waals surface area contributed by atoms with Crippen LogP contribution < -0.4 is 5.32 Å². The first kappa shape index (κ1) is 18.6. The Bertz CT molecular complexity index is 820. The Morgan fingerprint density at radius 1 is 0.852 bits per heavy atom. The van der Waals surface area contributed by atoms with E-state index < -0.39 is 0 Å². The van der Waals surface area contributed by atoms with Crippen LogP contribution >= 0.6 is 0 Å². The van der Waals surface area contributed by atoms with Crippen molar-refractivity contribution in [2.45, 2.75) is 19.3 Å². The second kappa shape index (κ2) is 9.53. The average Bonchev–Trinajstić information content (AvgIpc) is 2.74. The summed E-state index contributed by atoms with van der Waals surface area (Å²) in [5.74, 6) is -0.406. The number of benzene rings is 2. The summed E-state index contributed by atoms with van der Waals surface area (Å²) >= 11 is 0. The molecule has 1 N–H and O–H groups in total. The molecule has 4 heteroatoms. The molecule has 1 saturated heterocycles. The summed E-state index contributed by atoms with van der Waals surface area (Å²) in [5, 5.41) is 2.80. The number of rotatable bonds is 5. The highest BCUT2D eigenvalue weighted by Crippen LogP contribution is 2.12. The van der Waals surface area contributed by atoms with Crippen molar-refractivity contribution in [2.24, 2.45) is 0 Å². The number of likely N-dealkylation sites (tertiary alicyclic amines) is 1. The number of piperidine rings is 1. The fourth-order valence-electron chi connectivity index (χ4n) is 3.04. The molecule has 0 saturated carbocycles. The van der Waals surface area contributed by atoms with Crippen LogP contribution in [0.1, 0.15) is 35.2 Å². The van der Waals surface area contributed by atoms with Gasteiger partial charge in [0.1, 0.15) is 5.70 Å². The molecule has 0 atom stereocenters. The second-order valence-corrected chi connectivity index (χ2v) is 6.52. The number of carbonyl (C=O) groups excluding carboxylic acids is 2. The van der Waals surface area contributed by atoms with E-state index in [4.69, 9.17) is 0 Å². The summed E-state index contributed by atoms with van der Waals surface area (Å²) in [5.41, 5.74) is 1.87.